The number of amides is 4. The number of rotatable bonds is 3. The Morgan fingerprint density at radius 3 is 1.88 bits per heavy atom. The predicted molar refractivity (Wildman–Crippen MR) is 115 cm³/mol. The van der Waals surface area contributed by atoms with Gasteiger partial charge in [-0.15, -0.1) is 0 Å². The van der Waals surface area contributed by atoms with Crippen molar-refractivity contribution in [2.45, 2.75) is 25.7 Å². The van der Waals surface area contributed by atoms with Crippen molar-refractivity contribution in [1.29, 1.82) is 0 Å². The van der Waals surface area contributed by atoms with Gasteiger partial charge in [0.05, 0.1) is 23.8 Å². The van der Waals surface area contributed by atoms with Gasteiger partial charge in [0.25, 0.3) is 11.8 Å². The lowest BCUT2D eigenvalue weighted by molar-refractivity contribution is -0.122. The van der Waals surface area contributed by atoms with Crippen molar-refractivity contribution in [3.05, 3.63) is 54.0 Å². The van der Waals surface area contributed by atoms with Gasteiger partial charge < -0.3 is 14.2 Å². The summed E-state index contributed by atoms with van der Waals surface area (Å²) in [5, 5.41) is 0. The maximum absolute atomic E-state index is 12.9. The molecule has 0 spiro atoms. The average molecular weight is 435 g/mol. The molecule has 0 bridgehead atoms. The van der Waals surface area contributed by atoms with Gasteiger partial charge in [-0.05, 0) is 49.2 Å². The summed E-state index contributed by atoms with van der Waals surface area (Å²) in [5.74, 6) is -0.629. The molecule has 1 aromatic carbocycles. The second kappa shape index (κ2) is 8.26. The third-order valence-electron chi connectivity index (χ3n) is 6.80. The van der Waals surface area contributed by atoms with E-state index in [0.29, 0.717) is 43.2 Å². The van der Waals surface area contributed by atoms with Crippen LogP contribution in [0, 0.1) is 11.8 Å². The third-order valence-corrected chi connectivity index (χ3v) is 6.80. The fourth-order valence-corrected chi connectivity index (χ4v) is 5.02. The van der Waals surface area contributed by atoms with Gasteiger partial charge >= 0.3 is 0 Å². The number of anilines is 1. The molecule has 2 aromatic rings. The molecule has 2 saturated heterocycles. The van der Waals surface area contributed by atoms with Crippen molar-refractivity contribution in [3.63, 3.8) is 0 Å². The molecule has 166 valence electrons. The van der Waals surface area contributed by atoms with Crippen molar-refractivity contribution in [2.75, 3.05) is 31.1 Å². The zero-order valence-electron chi connectivity index (χ0n) is 17.7. The van der Waals surface area contributed by atoms with Gasteiger partial charge in [-0.2, -0.15) is 0 Å². The highest BCUT2D eigenvalue weighted by molar-refractivity contribution is 6.22. The molecule has 8 heteroatoms. The maximum Gasteiger partial charge on any atom is 0.289 e. The van der Waals surface area contributed by atoms with Crippen molar-refractivity contribution >= 4 is 29.3 Å². The summed E-state index contributed by atoms with van der Waals surface area (Å²) >= 11 is 0. The summed E-state index contributed by atoms with van der Waals surface area (Å²) in [7, 11) is 0. The molecule has 8 nitrogen and oxygen atoms in total. The first-order chi connectivity index (χ1) is 15.5. The fraction of sp³-hybridized carbons (Fsp3) is 0.417. The minimum Gasteiger partial charge on any atom is -0.459 e. The molecule has 2 atom stereocenters. The molecular weight excluding hydrogens is 410 g/mol. The van der Waals surface area contributed by atoms with Crippen LogP contribution in [0.2, 0.25) is 0 Å². The molecule has 0 unspecified atom stereocenters. The molecule has 1 aromatic heterocycles. The van der Waals surface area contributed by atoms with Gasteiger partial charge in [0.2, 0.25) is 11.8 Å². The SMILES string of the molecule is O=C(c1ccc(N2C(=O)[C@H]3CCCC[C@@H]3C2=O)cc1)N1CCN(C(=O)c2ccco2)CC1. The minimum absolute atomic E-state index is 0.115. The molecular formula is C24H25N3O5. The van der Waals surface area contributed by atoms with E-state index in [-0.39, 0.29) is 35.5 Å². The normalized spacial score (nSPS) is 23.4. The van der Waals surface area contributed by atoms with E-state index < -0.39 is 0 Å². The first-order valence-electron chi connectivity index (χ1n) is 11.1. The Labute approximate surface area is 185 Å². The molecule has 3 fully saturated rings. The van der Waals surface area contributed by atoms with Gasteiger partial charge in [-0.3, -0.25) is 24.1 Å². The summed E-state index contributed by atoms with van der Waals surface area (Å²) in [6.45, 7) is 1.73. The molecule has 0 radical (unpaired) electrons. The zero-order chi connectivity index (χ0) is 22.2. The van der Waals surface area contributed by atoms with Gasteiger partial charge in [-0.25, -0.2) is 0 Å². The van der Waals surface area contributed by atoms with Crippen LogP contribution in [-0.4, -0.2) is 59.6 Å². The molecule has 0 N–H and O–H groups in total. The predicted octanol–water partition coefficient (Wildman–Crippen LogP) is 2.56. The van der Waals surface area contributed by atoms with E-state index in [1.54, 1.807) is 46.2 Å². The number of piperazine rings is 1. The summed E-state index contributed by atoms with van der Waals surface area (Å²) in [6.07, 6.45) is 4.99. The Hall–Kier alpha value is -3.42. The summed E-state index contributed by atoms with van der Waals surface area (Å²) < 4.78 is 5.17. The Morgan fingerprint density at radius 2 is 1.34 bits per heavy atom. The van der Waals surface area contributed by atoms with E-state index in [0.717, 1.165) is 25.7 Å². The number of fused-ring (bicyclic) bond motifs is 1. The number of hydrogen-bond acceptors (Lipinski definition) is 5. The second-order valence-electron chi connectivity index (χ2n) is 8.62. The molecule has 3 heterocycles. The minimum atomic E-state index is -0.197. The second-order valence-corrected chi connectivity index (χ2v) is 8.62. The maximum atomic E-state index is 12.9. The molecule has 4 amide bonds. The standard InChI is InChI=1S/C24H25N3O5/c28-21(25-11-13-26(14-12-25)24(31)20-6-3-15-32-20)16-7-9-17(10-8-16)27-22(29)18-4-1-2-5-19(18)23(27)30/h3,6-10,15,18-19H,1-2,4-5,11-14H2/t18-,19-/m0/s1. The molecule has 32 heavy (non-hydrogen) atoms. The smallest absolute Gasteiger partial charge is 0.289 e. The van der Waals surface area contributed by atoms with E-state index in [4.69, 9.17) is 4.42 Å². The number of furan rings is 1. The Bertz CT molecular complexity index is 1010. The summed E-state index contributed by atoms with van der Waals surface area (Å²) in [5.41, 5.74) is 1.02. The van der Waals surface area contributed by atoms with Crippen LogP contribution in [0.1, 0.15) is 46.6 Å². The largest absolute Gasteiger partial charge is 0.459 e. The number of imide groups is 1. The number of benzene rings is 1. The fourth-order valence-electron chi connectivity index (χ4n) is 5.02. The molecule has 2 aliphatic heterocycles. The molecule has 5 rings (SSSR count). The van der Waals surface area contributed by atoms with Gasteiger partial charge in [0, 0.05) is 31.7 Å². The lowest BCUT2D eigenvalue weighted by Gasteiger charge is -2.34. The highest BCUT2D eigenvalue weighted by Crippen LogP contribution is 2.40. The van der Waals surface area contributed by atoms with Gasteiger partial charge in [0.15, 0.2) is 5.76 Å². The molecule has 1 saturated carbocycles. The zero-order valence-corrected chi connectivity index (χ0v) is 17.7. The van der Waals surface area contributed by atoms with Crippen LogP contribution in [0.3, 0.4) is 0 Å². The van der Waals surface area contributed by atoms with E-state index in [9.17, 15) is 19.2 Å². The highest BCUT2D eigenvalue weighted by Gasteiger charge is 2.48. The van der Waals surface area contributed by atoms with Crippen LogP contribution in [0.4, 0.5) is 5.69 Å². The highest BCUT2D eigenvalue weighted by atomic mass is 16.3. The van der Waals surface area contributed by atoms with Crippen molar-refractivity contribution in [2.24, 2.45) is 11.8 Å². The average Bonchev–Trinajstić information content (AvgIpc) is 3.46. The van der Waals surface area contributed by atoms with Crippen molar-refractivity contribution in [1.82, 2.24) is 9.80 Å². The van der Waals surface area contributed by atoms with Crippen LogP contribution >= 0.6 is 0 Å². The number of carbonyl (C=O) groups excluding carboxylic acids is 4. The lowest BCUT2D eigenvalue weighted by Crippen LogP contribution is -2.50. The summed E-state index contributed by atoms with van der Waals surface area (Å²) in [4.78, 5) is 55.6. The number of carbonyl (C=O) groups is 4. The van der Waals surface area contributed by atoms with Crippen molar-refractivity contribution in [3.8, 4) is 0 Å². The third kappa shape index (κ3) is 3.49. The molecule has 3 aliphatic rings. The summed E-state index contributed by atoms with van der Waals surface area (Å²) in [6, 6.07) is 10.00. The van der Waals surface area contributed by atoms with E-state index in [1.807, 2.05) is 0 Å². The quantitative estimate of drug-likeness (QED) is 0.691. The number of hydrogen-bond donors (Lipinski definition) is 0. The van der Waals surface area contributed by atoms with E-state index in [2.05, 4.69) is 0 Å². The van der Waals surface area contributed by atoms with Crippen molar-refractivity contribution < 1.29 is 23.6 Å². The van der Waals surface area contributed by atoms with E-state index >= 15 is 0 Å². The van der Waals surface area contributed by atoms with Crippen LogP contribution < -0.4 is 4.90 Å². The first kappa shape index (κ1) is 20.5. The van der Waals surface area contributed by atoms with Crippen LogP contribution in [0.15, 0.2) is 47.1 Å². The van der Waals surface area contributed by atoms with E-state index in [1.165, 1.54) is 11.2 Å². The van der Waals surface area contributed by atoms with Gasteiger partial charge in [0.1, 0.15) is 0 Å². The van der Waals surface area contributed by atoms with Crippen LogP contribution in [0.25, 0.3) is 0 Å². The monoisotopic (exact) mass is 435 g/mol. The van der Waals surface area contributed by atoms with Crippen LogP contribution in [-0.2, 0) is 9.59 Å². The van der Waals surface area contributed by atoms with Crippen LogP contribution in [0.5, 0.6) is 0 Å². The Morgan fingerprint density at radius 1 is 0.781 bits per heavy atom. The van der Waals surface area contributed by atoms with Gasteiger partial charge in [-0.1, -0.05) is 12.8 Å². The Kier molecular flexibility index (Phi) is 5.28. The molecule has 1 aliphatic carbocycles. The Balaban J connectivity index is 1.23. The topological polar surface area (TPSA) is 91.1 Å². The number of nitrogens with zero attached hydrogens (tertiary/aromatic N) is 3. The first-order valence-corrected chi connectivity index (χ1v) is 11.1. The lowest BCUT2D eigenvalue weighted by atomic mass is 9.81.